The Bertz CT molecular complexity index is 413. The topological polar surface area (TPSA) is 12.0 Å². The SMILES string of the molecule is CCNC(Cc1c(Cl)cccc1Cl)C1CCC(CC)C1. The Balaban J connectivity index is 2.09. The van der Waals surface area contributed by atoms with Crippen molar-refractivity contribution < 1.29 is 0 Å². The Morgan fingerprint density at radius 1 is 1.20 bits per heavy atom. The third-order valence-electron chi connectivity index (χ3n) is 4.68. The fraction of sp³-hybridized carbons (Fsp3) is 0.647. The highest BCUT2D eigenvalue weighted by atomic mass is 35.5. The minimum absolute atomic E-state index is 0.494. The van der Waals surface area contributed by atoms with Gasteiger partial charge < -0.3 is 5.32 Å². The van der Waals surface area contributed by atoms with Crippen molar-refractivity contribution in [2.24, 2.45) is 11.8 Å². The highest BCUT2D eigenvalue weighted by molar-refractivity contribution is 6.36. The van der Waals surface area contributed by atoms with Gasteiger partial charge in [-0.2, -0.15) is 0 Å². The molecule has 3 atom stereocenters. The summed E-state index contributed by atoms with van der Waals surface area (Å²) < 4.78 is 0. The fourth-order valence-electron chi connectivity index (χ4n) is 3.46. The summed E-state index contributed by atoms with van der Waals surface area (Å²) in [7, 11) is 0. The zero-order chi connectivity index (χ0) is 14.5. The molecule has 20 heavy (non-hydrogen) atoms. The van der Waals surface area contributed by atoms with Crippen LogP contribution in [0.25, 0.3) is 0 Å². The summed E-state index contributed by atoms with van der Waals surface area (Å²) in [5, 5.41) is 5.25. The first-order valence-electron chi connectivity index (χ1n) is 7.81. The van der Waals surface area contributed by atoms with Crippen LogP contribution in [0.4, 0.5) is 0 Å². The minimum atomic E-state index is 0.494. The smallest absolute Gasteiger partial charge is 0.0453 e. The van der Waals surface area contributed by atoms with E-state index in [2.05, 4.69) is 19.2 Å². The van der Waals surface area contributed by atoms with Crippen LogP contribution in [0.15, 0.2) is 18.2 Å². The van der Waals surface area contributed by atoms with Gasteiger partial charge in [-0.1, -0.05) is 56.0 Å². The number of nitrogens with one attached hydrogen (secondary N) is 1. The summed E-state index contributed by atoms with van der Waals surface area (Å²) in [5.74, 6) is 1.66. The zero-order valence-corrected chi connectivity index (χ0v) is 14.0. The van der Waals surface area contributed by atoms with E-state index in [1.54, 1.807) is 0 Å². The van der Waals surface area contributed by atoms with Crippen LogP contribution in [-0.4, -0.2) is 12.6 Å². The molecule has 0 heterocycles. The molecule has 1 aromatic rings. The van der Waals surface area contributed by atoms with Gasteiger partial charge >= 0.3 is 0 Å². The lowest BCUT2D eigenvalue weighted by Crippen LogP contribution is -2.37. The van der Waals surface area contributed by atoms with Crippen LogP contribution >= 0.6 is 23.2 Å². The zero-order valence-electron chi connectivity index (χ0n) is 12.5. The summed E-state index contributed by atoms with van der Waals surface area (Å²) in [4.78, 5) is 0. The normalized spacial score (nSPS) is 24.0. The van der Waals surface area contributed by atoms with Crippen molar-refractivity contribution in [3.05, 3.63) is 33.8 Å². The van der Waals surface area contributed by atoms with E-state index in [4.69, 9.17) is 23.2 Å². The molecule has 2 rings (SSSR count). The Morgan fingerprint density at radius 3 is 2.45 bits per heavy atom. The van der Waals surface area contributed by atoms with Gasteiger partial charge in [0.1, 0.15) is 0 Å². The van der Waals surface area contributed by atoms with E-state index in [0.717, 1.165) is 40.4 Å². The van der Waals surface area contributed by atoms with Crippen LogP contribution in [0.1, 0.15) is 45.1 Å². The summed E-state index contributed by atoms with van der Waals surface area (Å²) in [6, 6.07) is 6.29. The second-order valence-corrected chi connectivity index (χ2v) is 6.73. The van der Waals surface area contributed by atoms with Gasteiger partial charge in [-0.05, 0) is 55.3 Å². The average Bonchev–Trinajstić information content (AvgIpc) is 2.90. The van der Waals surface area contributed by atoms with Crippen molar-refractivity contribution in [1.29, 1.82) is 0 Å². The predicted molar refractivity (Wildman–Crippen MR) is 88.8 cm³/mol. The highest BCUT2D eigenvalue weighted by Crippen LogP contribution is 2.37. The molecule has 3 heteroatoms. The molecular formula is C17H25Cl2N. The Labute approximate surface area is 133 Å². The monoisotopic (exact) mass is 313 g/mol. The van der Waals surface area contributed by atoms with Gasteiger partial charge in [0.05, 0.1) is 0 Å². The van der Waals surface area contributed by atoms with Crippen LogP contribution in [0.3, 0.4) is 0 Å². The third-order valence-corrected chi connectivity index (χ3v) is 5.39. The Kier molecular flexibility index (Phi) is 6.20. The molecular weight excluding hydrogens is 289 g/mol. The van der Waals surface area contributed by atoms with Gasteiger partial charge in [0, 0.05) is 16.1 Å². The number of hydrogen-bond acceptors (Lipinski definition) is 1. The molecule has 0 amide bonds. The molecule has 3 unspecified atom stereocenters. The van der Waals surface area contributed by atoms with Crippen molar-refractivity contribution >= 4 is 23.2 Å². The van der Waals surface area contributed by atoms with Crippen molar-refractivity contribution in [1.82, 2.24) is 5.32 Å². The molecule has 0 aromatic heterocycles. The largest absolute Gasteiger partial charge is 0.314 e. The van der Waals surface area contributed by atoms with Crippen LogP contribution in [-0.2, 0) is 6.42 Å². The molecule has 0 bridgehead atoms. The van der Waals surface area contributed by atoms with Crippen LogP contribution in [0.5, 0.6) is 0 Å². The second kappa shape index (κ2) is 7.68. The first-order chi connectivity index (χ1) is 9.65. The van der Waals surface area contributed by atoms with Crippen molar-refractivity contribution in [3.63, 3.8) is 0 Å². The standard InChI is InChI=1S/C17H25Cl2N/c1-3-12-8-9-13(10-12)17(20-4-2)11-14-15(18)6-5-7-16(14)19/h5-7,12-13,17,20H,3-4,8-11H2,1-2H3. The van der Waals surface area contributed by atoms with Crippen molar-refractivity contribution in [2.75, 3.05) is 6.54 Å². The summed E-state index contributed by atoms with van der Waals surface area (Å²) >= 11 is 12.6. The van der Waals surface area contributed by atoms with Crippen LogP contribution in [0, 0.1) is 11.8 Å². The maximum atomic E-state index is 6.32. The molecule has 1 nitrogen and oxygen atoms in total. The number of hydrogen-bond donors (Lipinski definition) is 1. The predicted octanol–water partition coefficient (Wildman–Crippen LogP) is 5.34. The van der Waals surface area contributed by atoms with Gasteiger partial charge in [0.15, 0.2) is 0 Å². The van der Waals surface area contributed by atoms with E-state index in [9.17, 15) is 0 Å². The van der Waals surface area contributed by atoms with Gasteiger partial charge in [0.25, 0.3) is 0 Å². The quantitative estimate of drug-likeness (QED) is 0.747. The molecule has 0 radical (unpaired) electrons. The highest BCUT2D eigenvalue weighted by Gasteiger charge is 2.30. The first-order valence-corrected chi connectivity index (χ1v) is 8.57. The molecule has 1 N–H and O–H groups in total. The fourth-order valence-corrected chi connectivity index (χ4v) is 4.02. The van der Waals surface area contributed by atoms with E-state index in [1.807, 2.05) is 18.2 Å². The van der Waals surface area contributed by atoms with Crippen LogP contribution in [0.2, 0.25) is 10.0 Å². The van der Waals surface area contributed by atoms with Crippen molar-refractivity contribution in [3.8, 4) is 0 Å². The Hall–Kier alpha value is -0.240. The molecule has 112 valence electrons. The van der Waals surface area contributed by atoms with E-state index in [-0.39, 0.29) is 0 Å². The Morgan fingerprint density at radius 2 is 1.90 bits per heavy atom. The van der Waals surface area contributed by atoms with Gasteiger partial charge in [0.2, 0.25) is 0 Å². The molecule has 1 aliphatic rings. The summed E-state index contributed by atoms with van der Waals surface area (Å²) in [5.41, 5.74) is 1.10. The minimum Gasteiger partial charge on any atom is -0.314 e. The third kappa shape index (κ3) is 3.90. The van der Waals surface area contributed by atoms with E-state index >= 15 is 0 Å². The maximum absolute atomic E-state index is 6.32. The van der Waals surface area contributed by atoms with Gasteiger partial charge in [-0.3, -0.25) is 0 Å². The number of rotatable bonds is 6. The van der Waals surface area contributed by atoms with E-state index in [1.165, 1.54) is 25.7 Å². The first kappa shape index (κ1) is 16.1. The maximum Gasteiger partial charge on any atom is 0.0453 e. The number of halogens is 2. The number of likely N-dealkylation sites (N-methyl/N-ethyl adjacent to an activating group) is 1. The number of benzene rings is 1. The summed E-state index contributed by atoms with van der Waals surface area (Å²) in [6.07, 6.45) is 6.30. The molecule has 1 fully saturated rings. The van der Waals surface area contributed by atoms with E-state index in [0.29, 0.717) is 6.04 Å². The van der Waals surface area contributed by atoms with Gasteiger partial charge in [-0.25, -0.2) is 0 Å². The molecule has 1 saturated carbocycles. The lowest BCUT2D eigenvalue weighted by Gasteiger charge is -2.25. The van der Waals surface area contributed by atoms with E-state index < -0.39 is 0 Å². The van der Waals surface area contributed by atoms with Crippen molar-refractivity contribution in [2.45, 2.75) is 52.0 Å². The van der Waals surface area contributed by atoms with Crippen LogP contribution < -0.4 is 5.32 Å². The molecule has 1 aliphatic carbocycles. The summed E-state index contributed by atoms with van der Waals surface area (Å²) in [6.45, 7) is 5.48. The molecule has 0 aliphatic heterocycles. The van der Waals surface area contributed by atoms with Gasteiger partial charge in [-0.15, -0.1) is 0 Å². The lowest BCUT2D eigenvalue weighted by atomic mass is 9.91. The average molecular weight is 314 g/mol. The second-order valence-electron chi connectivity index (χ2n) is 5.92. The molecule has 1 aromatic carbocycles. The molecule has 0 spiro atoms. The molecule has 0 saturated heterocycles. The lowest BCUT2D eigenvalue weighted by molar-refractivity contribution is 0.349.